The van der Waals surface area contributed by atoms with Gasteiger partial charge in [-0.2, -0.15) is 0 Å². The lowest BCUT2D eigenvalue weighted by molar-refractivity contribution is 0.615. The van der Waals surface area contributed by atoms with Gasteiger partial charge >= 0.3 is 0 Å². The lowest BCUT2D eigenvalue weighted by Crippen LogP contribution is -2.14. The van der Waals surface area contributed by atoms with Gasteiger partial charge in [-0.05, 0) is 25.8 Å². The Labute approximate surface area is 83.4 Å². The summed E-state index contributed by atoms with van der Waals surface area (Å²) in [5.41, 5.74) is 3.11. The number of hydrogen-bond acceptors (Lipinski definition) is 3. The van der Waals surface area contributed by atoms with E-state index in [2.05, 4.69) is 17.2 Å². The summed E-state index contributed by atoms with van der Waals surface area (Å²) in [6.45, 7) is 4.25. The van der Waals surface area contributed by atoms with Crippen molar-refractivity contribution in [1.82, 2.24) is 10.3 Å². The van der Waals surface area contributed by atoms with Gasteiger partial charge in [-0.15, -0.1) is 11.3 Å². The van der Waals surface area contributed by atoms with E-state index in [4.69, 9.17) is 0 Å². The molecule has 1 N–H and O–H groups in total. The quantitative estimate of drug-likeness (QED) is 0.731. The molecule has 0 aliphatic heterocycles. The standard InChI is InChI=1S/C10H16N2S/c1-8-10(13-7-12-8)6-11-5-4-9-2-3-9/h7,9,11H,2-6H2,1H3. The highest BCUT2D eigenvalue weighted by atomic mass is 32.1. The second kappa shape index (κ2) is 4.20. The van der Waals surface area contributed by atoms with Crippen LogP contribution >= 0.6 is 11.3 Å². The Morgan fingerprint density at radius 1 is 1.62 bits per heavy atom. The number of aromatic nitrogens is 1. The fraction of sp³-hybridized carbons (Fsp3) is 0.700. The van der Waals surface area contributed by atoms with Crippen LogP contribution in [0.3, 0.4) is 0 Å². The average molecular weight is 196 g/mol. The molecule has 1 aliphatic carbocycles. The van der Waals surface area contributed by atoms with Gasteiger partial charge in [0.15, 0.2) is 0 Å². The minimum atomic E-state index is 1.00. The van der Waals surface area contributed by atoms with E-state index in [-0.39, 0.29) is 0 Å². The Hall–Kier alpha value is -0.410. The molecule has 72 valence electrons. The van der Waals surface area contributed by atoms with Crippen LogP contribution in [0.25, 0.3) is 0 Å². The minimum absolute atomic E-state index is 1.00. The van der Waals surface area contributed by atoms with Gasteiger partial charge in [0.05, 0.1) is 11.2 Å². The Balaban J connectivity index is 1.64. The number of nitrogens with zero attached hydrogens (tertiary/aromatic N) is 1. The van der Waals surface area contributed by atoms with Gasteiger partial charge in [-0.25, -0.2) is 4.98 Å². The van der Waals surface area contributed by atoms with Gasteiger partial charge in [0.2, 0.25) is 0 Å². The van der Waals surface area contributed by atoms with E-state index in [1.54, 1.807) is 11.3 Å². The molecule has 0 spiro atoms. The van der Waals surface area contributed by atoms with Crippen molar-refractivity contribution in [2.45, 2.75) is 32.7 Å². The maximum Gasteiger partial charge on any atom is 0.0798 e. The molecule has 1 fully saturated rings. The number of thiazole rings is 1. The molecule has 1 heterocycles. The lowest BCUT2D eigenvalue weighted by Gasteiger charge is -2.01. The molecule has 0 aromatic carbocycles. The van der Waals surface area contributed by atoms with Crippen molar-refractivity contribution in [1.29, 1.82) is 0 Å². The van der Waals surface area contributed by atoms with Crippen LogP contribution in [-0.4, -0.2) is 11.5 Å². The predicted molar refractivity (Wildman–Crippen MR) is 55.9 cm³/mol. The number of aryl methyl sites for hydroxylation is 1. The van der Waals surface area contributed by atoms with E-state index in [1.807, 2.05) is 5.51 Å². The van der Waals surface area contributed by atoms with Crippen LogP contribution in [-0.2, 0) is 6.54 Å². The van der Waals surface area contributed by atoms with Crippen molar-refractivity contribution in [2.75, 3.05) is 6.54 Å². The van der Waals surface area contributed by atoms with Crippen molar-refractivity contribution in [3.8, 4) is 0 Å². The summed E-state index contributed by atoms with van der Waals surface area (Å²) < 4.78 is 0. The topological polar surface area (TPSA) is 24.9 Å². The molecule has 1 aromatic rings. The van der Waals surface area contributed by atoms with Gasteiger partial charge < -0.3 is 5.32 Å². The van der Waals surface area contributed by atoms with Crippen molar-refractivity contribution in [3.63, 3.8) is 0 Å². The molecule has 0 atom stereocenters. The zero-order valence-corrected chi connectivity index (χ0v) is 8.86. The Bertz CT molecular complexity index is 266. The van der Waals surface area contributed by atoms with Gasteiger partial charge in [0.25, 0.3) is 0 Å². The third-order valence-electron chi connectivity index (χ3n) is 2.56. The van der Waals surface area contributed by atoms with E-state index < -0.39 is 0 Å². The summed E-state index contributed by atoms with van der Waals surface area (Å²) in [6, 6.07) is 0. The number of nitrogens with one attached hydrogen (secondary N) is 1. The molecule has 1 aromatic heterocycles. The van der Waals surface area contributed by atoms with E-state index in [1.165, 1.54) is 36.4 Å². The number of hydrogen-bond donors (Lipinski definition) is 1. The van der Waals surface area contributed by atoms with Crippen molar-refractivity contribution >= 4 is 11.3 Å². The monoisotopic (exact) mass is 196 g/mol. The number of rotatable bonds is 5. The highest BCUT2D eigenvalue weighted by Crippen LogP contribution is 2.31. The zero-order valence-electron chi connectivity index (χ0n) is 8.05. The van der Waals surface area contributed by atoms with Gasteiger partial charge in [-0.1, -0.05) is 12.8 Å². The maximum absolute atomic E-state index is 4.22. The Kier molecular flexibility index (Phi) is 2.96. The van der Waals surface area contributed by atoms with Crippen LogP contribution in [0, 0.1) is 12.8 Å². The summed E-state index contributed by atoms with van der Waals surface area (Å²) >= 11 is 1.75. The first-order chi connectivity index (χ1) is 6.36. The molecule has 0 amide bonds. The molecular formula is C10H16N2S. The Morgan fingerprint density at radius 2 is 2.46 bits per heavy atom. The van der Waals surface area contributed by atoms with Crippen LogP contribution in [0.5, 0.6) is 0 Å². The zero-order chi connectivity index (χ0) is 9.10. The van der Waals surface area contributed by atoms with Crippen LogP contribution in [0.4, 0.5) is 0 Å². The Morgan fingerprint density at radius 3 is 3.08 bits per heavy atom. The van der Waals surface area contributed by atoms with Crippen LogP contribution in [0.15, 0.2) is 5.51 Å². The fourth-order valence-electron chi connectivity index (χ4n) is 1.41. The smallest absolute Gasteiger partial charge is 0.0798 e. The summed E-state index contributed by atoms with van der Waals surface area (Å²) in [7, 11) is 0. The lowest BCUT2D eigenvalue weighted by atomic mass is 10.3. The van der Waals surface area contributed by atoms with Crippen molar-refractivity contribution in [2.24, 2.45) is 5.92 Å². The SMILES string of the molecule is Cc1ncsc1CNCCC1CC1. The van der Waals surface area contributed by atoms with Gasteiger partial charge in [0.1, 0.15) is 0 Å². The highest BCUT2D eigenvalue weighted by molar-refractivity contribution is 7.09. The third kappa shape index (κ3) is 2.78. The fourth-order valence-corrected chi connectivity index (χ4v) is 2.16. The summed E-state index contributed by atoms with van der Waals surface area (Å²) in [5, 5.41) is 3.47. The van der Waals surface area contributed by atoms with E-state index in [0.29, 0.717) is 0 Å². The average Bonchev–Trinajstić information content (AvgIpc) is 2.86. The molecular weight excluding hydrogens is 180 g/mol. The molecule has 0 bridgehead atoms. The second-order valence-corrected chi connectivity index (χ2v) is 4.71. The van der Waals surface area contributed by atoms with Crippen LogP contribution < -0.4 is 5.32 Å². The largest absolute Gasteiger partial charge is 0.312 e. The summed E-state index contributed by atoms with van der Waals surface area (Å²) in [6.07, 6.45) is 4.28. The summed E-state index contributed by atoms with van der Waals surface area (Å²) in [5.74, 6) is 1.04. The molecule has 0 unspecified atom stereocenters. The molecule has 13 heavy (non-hydrogen) atoms. The summed E-state index contributed by atoms with van der Waals surface area (Å²) in [4.78, 5) is 5.61. The predicted octanol–water partition coefficient (Wildman–Crippen LogP) is 2.34. The van der Waals surface area contributed by atoms with Gasteiger partial charge in [-0.3, -0.25) is 0 Å². The van der Waals surface area contributed by atoms with Crippen molar-refractivity contribution in [3.05, 3.63) is 16.1 Å². The minimum Gasteiger partial charge on any atom is -0.312 e. The third-order valence-corrected chi connectivity index (χ3v) is 3.49. The molecule has 0 radical (unpaired) electrons. The van der Waals surface area contributed by atoms with E-state index in [9.17, 15) is 0 Å². The first kappa shape index (κ1) is 9.16. The van der Waals surface area contributed by atoms with Gasteiger partial charge in [0, 0.05) is 11.4 Å². The second-order valence-electron chi connectivity index (χ2n) is 3.77. The first-order valence-corrected chi connectivity index (χ1v) is 5.84. The highest BCUT2D eigenvalue weighted by Gasteiger charge is 2.19. The first-order valence-electron chi connectivity index (χ1n) is 4.96. The van der Waals surface area contributed by atoms with Crippen molar-refractivity contribution < 1.29 is 0 Å². The molecule has 2 rings (SSSR count). The van der Waals surface area contributed by atoms with Crippen LogP contribution in [0.1, 0.15) is 29.8 Å². The molecule has 1 aliphatic rings. The van der Waals surface area contributed by atoms with E-state index >= 15 is 0 Å². The molecule has 3 heteroatoms. The van der Waals surface area contributed by atoms with Crippen LogP contribution in [0.2, 0.25) is 0 Å². The molecule has 0 saturated heterocycles. The normalized spacial score (nSPS) is 16.4. The van der Waals surface area contributed by atoms with E-state index in [0.717, 1.165) is 12.5 Å². The maximum atomic E-state index is 4.22. The molecule has 1 saturated carbocycles. The molecule has 2 nitrogen and oxygen atoms in total.